The average molecular weight is 262 g/mol. The quantitative estimate of drug-likeness (QED) is 0.733. The molecular formula is C11H20BrNO. The fourth-order valence-corrected chi connectivity index (χ4v) is 2.03. The first-order chi connectivity index (χ1) is 6.63. The lowest BCUT2D eigenvalue weighted by Gasteiger charge is -2.21. The number of carbonyl (C=O) groups excluding carboxylic acids is 1. The van der Waals surface area contributed by atoms with Gasteiger partial charge in [-0.3, -0.25) is 4.79 Å². The summed E-state index contributed by atoms with van der Waals surface area (Å²) in [6.45, 7) is 4.31. The van der Waals surface area contributed by atoms with Crippen LogP contribution in [0.3, 0.4) is 0 Å². The molecule has 1 aliphatic rings. The fourth-order valence-electron chi connectivity index (χ4n) is 1.54. The summed E-state index contributed by atoms with van der Waals surface area (Å²) in [5.41, 5.74) is 0. The lowest BCUT2D eigenvalue weighted by molar-refractivity contribution is -0.122. The summed E-state index contributed by atoms with van der Waals surface area (Å²) in [6, 6.07) is 0.334. The molecule has 0 aliphatic heterocycles. The Bertz CT molecular complexity index is 190. The molecule has 0 aromatic rings. The van der Waals surface area contributed by atoms with Crippen LogP contribution in [0.2, 0.25) is 0 Å². The van der Waals surface area contributed by atoms with E-state index in [1.807, 2.05) is 0 Å². The maximum atomic E-state index is 11.6. The number of hydrogen-bond acceptors (Lipinski definition) is 1. The number of hydrogen-bond donors (Lipinski definition) is 1. The van der Waals surface area contributed by atoms with Crippen LogP contribution >= 0.6 is 15.9 Å². The topological polar surface area (TPSA) is 29.1 Å². The van der Waals surface area contributed by atoms with Crippen molar-refractivity contribution in [3.63, 3.8) is 0 Å². The molecule has 0 radical (unpaired) electrons. The Morgan fingerprint density at radius 3 is 2.57 bits per heavy atom. The molecule has 0 spiro atoms. The molecule has 0 heterocycles. The van der Waals surface area contributed by atoms with E-state index in [0.717, 1.165) is 18.2 Å². The third-order valence-electron chi connectivity index (χ3n) is 2.74. The van der Waals surface area contributed by atoms with E-state index >= 15 is 0 Å². The molecule has 1 unspecified atom stereocenters. The van der Waals surface area contributed by atoms with Crippen LogP contribution in [0.5, 0.6) is 0 Å². The van der Waals surface area contributed by atoms with Crippen molar-refractivity contribution in [3.05, 3.63) is 0 Å². The Hall–Kier alpha value is -0.0500. The number of alkyl halides is 1. The minimum absolute atomic E-state index is 0.243. The fraction of sp³-hybridized carbons (Fsp3) is 0.909. The van der Waals surface area contributed by atoms with Crippen LogP contribution in [0.25, 0.3) is 0 Å². The van der Waals surface area contributed by atoms with Crippen molar-refractivity contribution >= 4 is 21.8 Å². The molecular weight excluding hydrogens is 242 g/mol. The van der Waals surface area contributed by atoms with Gasteiger partial charge in [0, 0.05) is 17.8 Å². The maximum Gasteiger partial charge on any atom is 0.220 e. The largest absolute Gasteiger partial charge is 0.353 e. The third-order valence-corrected chi connectivity index (χ3v) is 3.20. The number of amides is 1. The predicted octanol–water partition coefficient (Wildman–Crippen LogP) is 2.71. The Morgan fingerprint density at radius 2 is 2.14 bits per heavy atom. The molecule has 0 saturated heterocycles. The molecule has 82 valence electrons. The van der Waals surface area contributed by atoms with Gasteiger partial charge in [0.1, 0.15) is 0 Å². The van der Waals surface area contributed by atoms with Gasteiger partial charge in [-0.2, -0.15) is 0 Å². The molecule has 1 N–H and O–H groups in total. The maximum absolute atomic E-state index is 11.6. The zero-order valence-corrected chi connectivity index (χ0v) is 10.6. The van der Waals surface area contributed by atoms with Crippen LogP contribution in [-0.2, 0) is 4.79 Å². The van der Waals surface area contributed by atoms with Crippen LogP contribution in [0, 0.1) is 11.8 Å². The molecule has 1 aliphatic carbocycles. The van der Waals surface area contributed by atoms with Gasteiger partial charge in [-0.15, -0.1) is 0 Å². The van der Waals surface area contributed by atoms with Gasteiger partial charge < -0.3 is 5.32 Å². The minimum Gasteiger partial charge on any atom is -0.353 e. The summed E-state index contributed by atoms with van der Waals surface area (Å²) < 4.78 is 0. The van der Waals surface area contributed by atoms with Crippen molar-refractivity contribution in [2.24, 2.45) is 11.8 Å². The molecule has 0 bridgehead atoms. The van der Waals surface area contributed by atoms with E-state index in [2.05, 4.69) is 35.1 Å². The second-order valence-electron chi connectivity index (χ2n) is 4.54. The summed E-state index contributed by atoms with van der Waals surface area (Å²) >= 11 is 3.42. The molecule has 3 heteroatoms. The minimum atomic E-state index is 0.243. The van der Waals surface area contributed by atoms with Crippen LogP contribution in [-0.4, -0.2) is 17.3 Å². The van der Waals surface area contributed by atoms with Crippen molar-refractivity contribution in [1.29, 1.82) is 0 Å². The standard InChI is InChI=1S/C11H20BrNO/c1-8(2)10(5-6-12)13-11(14)7-9-3-4-9/h8-10H,3-7H2,1-2H3,(H,13,14). The van der Waals surface area contributed by atoms with Gasteiger partial charge in [0.25, 0.3) is 0 Å². The first-order valence-electron chi connectivity index (χ1n) is 5.48. The smallest absolute Gasteiger partial charge is 0.220 e. The van der Waals surface area contributed by atoms with E-state index in [1.165, 1.54) is 12.8 Å². The highest BCUT2D eigenvalue weighted by atomic mass is 79.9. The molecule has 2 nitrogen and oxygen atoms in total. The van der Waals surface area contributed by atoms with Crippen LogP contribution < -0.4 is 5.32 Å². The molecule has 1 amide bonds. The first-order valence-corrected chi connectivity index (χ1v) is 6.61. The van der Waals surface area contributed by atoms with E-state index in [1.54, 1.807) is 0 Å². The van der Waals surface area contributed by atoms with Crippen molar-refractivity contribution in [3.8, 4) is 0 Å². The lowest BCUT2D eigenvalue weighted by Crippen LogP contribution is -2.38. The van der Waals surface area contributed by atoms with Crippen LogP contribution in [0.1, 0.15) is 39.5 Å². The van der Waals surface area contributed by atoms with Gasteiger partial charge in [0.05, 0.1) is 0 Å². The average Bonchev–Trinajstić information content (AvgIpc) is 2.87. The molecule has 1 rings (SSSR count). The Kier molecular flexibility index (Phi) is 4.93. The Balaban J connectivity index is 2.25. The second kappa shape index (κ2) is 5.74. The normalized spacial score (nSPS) is 18.3. The highest BCUT2D eigenvalue weighted by Crippen LogP contribution is 2.32. The van der Waals surface area contributed by atoms with Gasteiger partial charge in [-0.25, -0.2) is 0 Å². The predicted molar refractivity (Wildman–Crippen MR) is 62.5 cm³/mol. The number of rotatable bonds is 6. The first kappa shape index (κ1) is 12.0. The highest BCUT2D eigenvalue weighted by Gasteiger charge is 2.25. The van der Waals surface area contributed by atoms with Crippen molar-refractivity contribution in [2.75, 3.05) is 5.33 Å². The zero-order valence-electron chi connectivity index (χ0n) is 9.05. The molecule has 14 heavy (non-hydrogen) atoms. The van der Waals surface area contributed by atoms with Crippen molar-refractivity contribution in [1.82, 2.24) is 5.32 Å². The summed E-state index contributed by atoms with van der Waals surface area (Å²) in [5, 5.41) is 4.08. The summed E-state index contributed by atoms with van der Waals surface area (Å²) in [5.74, 6) is 1.45. The Morgan fingerprint density at radius 1 is 1.50 bits per heavy atom. The summed E-state index contributed by atoms with van der Waals surface area (Å²) in [6.07, 6.45) is 4.26. The van der Waals surface area contributed by atoms with Crippen molar-refractivity contribution < 1.29 is 4.79 Å². The van der Waals surface area contributed by atoms with Crippen LogP contribution in [0.15, 0.2) is 0 Å². The van der Waals surface area contributed by atoms with Gasteiger partial charge in [0.15, 0.2) is 0 Å². The number of nitrogens with one attached hydrogen (secondary N) is 1. The molecule has 1 saturated carbocycles. The molecule has 1 fully saturated rings. The second-order valence-corrected chi connectivity index (χ2v) is 5.34. The summed E-state index contributed by atoms with van der Waals surface area (Å²) in [4.78, 5) is 11.6. The van der Waals surface area contributed by atoms with E-state index in [0.29, 0.717) is 17.9 Å². The van der Waals surface area contributed by atoms with Gasteiger partial charge in [-0.05, 0) is 31.1 Å². The number of carbonyl (C=O) groups is 1. The lowest BCUT2D eigenvalue weighted by atomic mass is 10.0. The highest BCUT2D eigenvalue weighted by molar-refractivity contribution is 9.09. The van der Waals surface area contributed by atoms with E-state index in [-0.39, 0.29) is 5.91 Å². The van der Waals surface area contributed by atoms with Gasteiger partial charge >= 0.3 is 0 Å². The van der Waals surface area contributed by atoms with Crippen LogP contribution in [0.4, 0.5) is 0 Å². The number of halogens is 1. The molecule has 0 aromatic carbocycles. The SMILES string of the molecule is CC(C)C(CCBr)NC(=O)CC1CC1. The summed E-state index contributed by atoms with van der Waals surface area (Å²) in [7, 11) is 0. The third kappa shape index (κ3) is 4.45. The molecule has 0 aromatic heterocycles. The zero-order chi connectivity index (χ0) is 10.6. The van der Waals surface area contributed by atoms with Gasteiger partial charge in [-0.1, -0.05) is 29.8 Å². The van der Waals surface area contributed by atoms with Crippen molar-refractivity contribution in [2.45, 2.75) is 45.6 Å². The van der Waals surface area contributed by atoms with E-state index in [4.69, 9.17) is 0 Å². The molecule has 1 atom stereocenters. The van der Waals surface area contributed by atoms with E-state index < -0.39 is 0 Å². The Labute approximate surface area is 95.0 Å². The van der Waals surface area contributed by atoms with Gasteiger partial charge in [0.2, 0.25) is 5.91 Å². The van der Waals surface area contributed by atoms with E-state index in [9.17, 15) is 4.79 Å². The monoisotopic (exact) mass is 261 g/mol.